The van der Waals surface area contributed by atoms with Crippen molar-refractivity contribution in [1.82, 2.24) is 9.71 Å². The maximum Gasteiger partial charge on any atom is 0.244 e. The Kier molecular flexibility index (Phi) is 5.09. The number of aromatic nitrogens is 1. The van der Waals surface area contributed by atoms with Crippen LogP contribution in [0.25, 0.3) is 0 Å². The first-order valence-electron chi connectivity index (χ1n) is 5.38. The first kappa shape index (κ1) is 16.2. The Morgan fingerprint density at radius 1 is 1.40 bits per heavy atom. The van der Waals surface area contributed by atoms with Crippen molar-refractivity contribution < 1.29 is 8.42 Å². The van der Waals surface area contributed by atoms with E-state index < -0.39 is 16.1 Å². The SMILES string of the molecule is CC(NS(=O)(=O)c1cc(Br)cnc1Cl)c1ccc(Cl)s1. The molecule has 2 heterocycles. The molecule has 0 aliphatic rings. The monoisotopic (exact) mass is 414 g/mol. The van der Waals surface area contributed by atoms with Gasteiger partial charge in [0.05, 0.1) is 10.4 Å². The van der Waals surface area contributed by atoms with Gasteiger partial charge in [-0.25, -0.2) is 18.1 Å². The lowest BCUT2D eigenvalue weighted by molar-refractivity contribution is 0.568. The van der Waals surface area contributed by atoms with Crippen LogP contribution in [0, 0.1) is 0 Å². The van der Waals surface area contributed by atoms with Crippen LogP contribution in [-0.2, 0) is 10.0 Å². The van der Waals surface area contributed by atoms with Crippen LogP contribution in [-0.4, -0.2) is 13.4 Å². The fourth-order valence-corrected chi connectivity index (χ4v) is 4.81. The molecule has 1 N–H and O–H groups in total. The maximum atomic E-state index is 12.3. The number of rotatable bonds is 4. The highest BCUT2D eigenvalue weighted by Crippen LogP contribution is 2.29. The quantitative estimate of drug-likeness (QED) is 0.759. The fourth-order valence-electron chi connectivity index (χ4n) is 1.51. The van der Waals surface area contributed by atoms with Crippen molar-refractivity contribution in [2.45, 2.75) is 17.9 Å². The topological polar surface area (TPSA) is 59.1 Å². The van der Waals surface area contributed by atoms with E-state index in [1.54, 1.807) is 19.1 Å². The molecule has 2 aromatic heterocycles. The van der Waals surface area contributed by atoms with Gasteiger partial charge in [0.15, 0.2) is 0 Å². The van der Waals surface area contributed by atoms with Crippen LogP contribution in [0.4, 0.5) is 0 Å². The molecule has 0 fully saturated rings. The molecular weight excluding hydrogens is 407 g/mol. The van der Waals surface area contributed by atoms with Crippen LogP contribution in [0.15, 0.2) is 33.8 Å². The number of sulfonamides is 1. The molecule has 0 saturated heterocycles. The Labute approximate surface area is 139 Å². The zero-order valence-electron chi connectivity index (χ0n) is 10.1. The van der Waals surface area contributed by atoms with Gasteiger partial charge < -0.3 is 0 Å². The lowest BCUT2D eigenvalue weighted by Gasteiger charge is -2.13. The molecule has 0 saturated carbocycles. The van der Waals surface area contributed by atoms with Gasteiger partial charge in [0.25, 0.3) is 0 Å². The molecule has 4 nitrogen and oxygen atoms in total. The second-order valence-corrected chi connectivity index (χ2v) is 8.63. The summed E-state index contributed by atoms with van der Waals surface area (Å²) >= 11 is 16.2. The van der Waals surface area contributed by atoms with Crippen molar-refractivity contribution in [2.24, 2.45) is 0 Å². The Bertz CT molecular complexity index is 734. The predicted molar refractivity (Wildman–Crippen MR) is 85.0 cm³/mol. The van der Waals surface area contributed by atoms with E-state index in [9.17, 15) is 8.42 Å². The smallest absolute Gasteiger partial charge is 0.242 e. The molecule has 0 bridgehead atoms. The van der Waals surface area contributed by atoms with Crippen molar-refractivity contribution in [3.63, 3.8) is 0 Å². The van der Waals surface area contributed by atoms with Gasteiger partial charge in [-0.3, -0.25) is 0 Å². The van der Waals surface area contributed by atoms with Crippen LogP contribution < -0.4 is 4.72 Å². The number of thiophene rings is 1. The maximum absolute atomic E-state index is 12.3. The van der Waals surface area contributed by atoms with Gasteiger partial charge in [-0.05, 0) is 41.1 Å². The molecule has 0 amide bonds. The molecule has 2 aromatic rings. The third-order valence-electron chi connectivity index (χ3n) is 2.42. The van der Waals surface area contributed by atoms with Gasteiger partial charge in [-0.15, -0.1) is 11.3 Å². The lowest BCUT2D eigenvalue weighted by atomic mass is 10.3. The summed E-state index contributed by atoms with van der Waals surface area (Å²) in [6, 6.07) is 4.50. The number of nitrogens with one attached hydrogen (secondary N) is 1. The standard InChI is InChI=1S/C11H9BrCl2N2O2S2/c1-6(8-2-3-10(13)19-8)16-20(17,18)9-4-7(12)5-15-11(9)14/h2-6,16H,1H3. The summed E-state index contributed by atoms with van der Waals surface area (Å²) in [4.78, 5) is 4.56. The summed E-state index contributed by atoms with van der Waals surface area (Å²) in [5.74, 6) is 0. The van der Waals surface area contributed by atoms with E-state index >= 15 is 0 Å². The van der Waals surface area contributed by atoms with Crippen LogP contribution in [0.2, 0.25) is 9.49 Å². The van der Waals surface area contributed by atoms with Crippen LogP contribution in [0.3, 0.4) is 0 Å². The summed E-state index contributed by atoms with van der Waals surface area (Å²) in [5, 5.41) is -0.0721. The molecule has 0 aromatic carbocycles. The minimum Gasteiger partial charge on any atom is -0.242 e. The van der Waals surface area contributed by atoms with E-state index in [0.717, 1.165) is 4.88 Å². The average molecular weight is 416 g/mol. The molecule has 0 radical (unpaired) electrons. The minimum absolute atomic E-state index is 0.0666. The van der Waals surface area contributed by atoms with E-state index in [1.165, 1.54) is 23.6 Å². The van der Waals surface area contributed by atoms with E-state index in [4.69, 9.17) is 23.2 Å². The van der Waals surface area contributed by atoms with Gasteiger partial charge >= 0.3 is 0 Å². The number of halogens is 3. The molecular formula is C11H9BrCl2N2O2S2. The second-order valence-electron chi connectivity index (χ2n) is 3.93. The summed E-state index contributed by atoms with van der Waals surface area (Å²) in [6.45, 7) is 1.74. The average Bonchev–Trinajstić information content (AvgIpc) is 2.78. The molecule has 1 atom stereocenters. The van der Waals surface area contributed by atoms with Crippen molar-refractivity contribution in [3.05, 3.63) is 43.2 Å². The van der Waals surface area contributed by atoms with Crippen molar-refractivity contribution in [2.75, 3.05) is 0 Å². The Morgan fingerprint density at radius 2 is 2.10 bits per heavy atom. The molecule has 0 spiro atoms. The first-order valence-corrected chi connectivity index (χ1v) is 9.23. The van der Waals surface area contributed by atoms with E-state index in [0.29, 0.717) is 8.81 Å². The van der Waals surface area contributed by atoms with Gasteiger partial charge in [0.1, 0.15) is 10.0 Å². The first-order chi connectivity index (χ1) is 9.29. The summed E-state index contributed by atoms with van der Waals surface area (Å²) in [6.07, 6.45) is 1.43. The van der Waals surface area contributed by atoms with Crippen molar-refractivity contribution >= 4 is 60.5 Å². The van der Waals surface area contributed by atoms with Crippen LogP contribution >= 0.6 is 50.5 Å². The Hall–Kier alpha value is -0.180. The summed E-state index contributed by atoms with van der Waals surface area (Å²) < 4.78 is 28.3. The molecule has 20 heavy (non-hydrogen) atoms. The third kappa shape index (κ3) is 3.72. The zero-order chi connectivity index (χ0) is 14.9. The number of nitrogens with zero attached hydrogens (tertiary/aromatic N) is 1. The third-order valence-corrected chi connectivity index (χ3v) is 6.23. The van der Waals surface area contributed by atoms with Crippen LogP contribution in [0.1, 0.15) is 17.8 Å². The van der Waals surface area contributed by atoms with E-state index in [1.807, 2.05) is 0 Å². The summed E-state index contributed by atoms with van der Waals surface area (Å²) in [7, 11) is -3.76. The van der Waals surface area contributed by atoms with E-state index in [2.05, 4.69) is 25.6 Å². The molecule has 2 rings (SSSR count). The van der Waals surface area contributed by atoms with Crippen molar-refractivity contribution in [3.8, 4) is 0 Å². The molecule has 108 valence electrons. The number of hydrogen-bond donors (Lipinski definition) is 1. The van der Waals surface area contributed by atoms with E-state index in [-0.39, 0.29) is 10.0 Å². The normalized spacial score (nSPS) is 13.4. The highest BCUT2D eigenvalue weighted by Gasteiger charge is 2.23. The largest absolute Gasteiger partial charge is 0.244 e. The molecule has 9 heteroatoms. The predicted octanol–water partition coefficient (Wildman–Crippen LogP) is 4.25. The number of hydrogen-bond acceptors (Lipinski definition) is 4. The summed E-state index contributed by atoms with van der Waals surface area (Å²) in [5.41, 5.74) is 0. The van der Waals surface area contributed by atoms with Crippen LogP contribution in [0.5, 0.6) is 0 Å². The van der Waals surface area contributed by atoms with Gasteiger partial charge in [-0.1, -0.05) is 23.2 Å². The van der Waals surface area contributed by atoms with Gasteiger partial charge in [0, 0.05) is 15.5 Å². The molecule has 1 unspecified atom stereocenters. The highest BCUT2D eigenvalue weighted by atomic mass is 79.9. The second kappa shape index (κ2) is 6.29. The highest BCUT2D eigenvalue weighted by molar-refractivity contribution is 9.10. The zero-order valence-corrected chi connectivity index (χ0v) is 14.8. The minimum atomic E-state index is -3.76. The lowest BCUT2D eigenvalue weighted by Crippen LogP contribution is -2.26. The number of pyridine rings is 1. The molecule has 0 aliphatic heterocycles. The van der Waals surface area contributed by atoms with Gasteiger partial charge in [0.2, 0.25) is 10.0 Å². The fraction of sp³-hybridized carbons (Fsp3) is 0.182. The molecule has 0 aliphatic carbocycles. The Balaban J connectivity index is 2.29. The Morgan fingerprint density at radius 3 is 2.70 bits per heavy atom. The van der Waals surface area contributed by atoms with Crippen molar-refractivity contribution in [1.29, 1.82) is 0 Å². The van der Waals surface area contributed by atoms with Gasteiger partial charge in [-0.2, -0.15) is 0 Å².